The maximum atomic E-state index is 14.7. The van der Waals surface area contributed by atoms with Crippen LogP contribution in [0.15, 0.2) is 243 Å². The number of rotatable bonds is 21. The van der Waals surface area contributed by atoms with Gasteiger partial charge in [-0.05, 0) is 90.5 Å². The molecule has 2 aliphatic heterocycles. The highest BCUT2D eigenvalue weighted by molar-refractivity contribution is 5.93. The van der Waals surface area contributed by atoms with Crippen molar-refractivity contribution in [2.24, 2.45) is 0 Å². The van der Waals surface area contributed by atoms with Crippen molar-refractivity contribution in [1.82, 2.24) is 0 Å². The topological polar surface area (TPSA) is 221 Å². The van der Waals surface area contributed by atoms with Crippen molar-refractivity contribution in [3.05, 3.63) is 287 Å². The molecular formula is C68H56O18. The third-order valence-electron chi connectivity index (χ3n) is 13.8. The van der Waals surface area contributed by atoms with E-state index in [1.807, 2.05) is 0 Å². The van der Waals surface area contributed by atoms with E-state index in [-0.39, 0.29) is 45.6 Å². The number of ether oxygens (including phenoxy) is 11. The molecule has 8 aromatic carbocycles. The molecule has 18 heteroatoms. The van der Waals surface area contributed by atoms with Gasteiger partial charge in [-0.3, -0.25) is 0 Å². The summed E-state index contributed by atoms with van der Waals surface area (Å²) in [5.74, 6) is -6.41. The number of carbonyl (C=O) groups is 7. The highest BCUT2D eigenvalue weighted by Gasteiger charge is 2.58. The minimum Gasteiger partial charge on any atom is -0.459 e. The molecule has 0 aliphatic carbocycles. The van der Waals surface area contributed by atoms with E-state index in [4.69, 9.17) is 52.1 Å². The Bertz CT molecular complexity index is 3530. The molecule has 0 spiro atoms. The number of hydrogen-bond acceptors (Lipinski definition) is 18. The van der Waals surface area contributed by atoms with Gasteiger partial charge in [-0.15, -0.1) is 0 Å². The van der Waals surface area contributed by atoms with E-state index in [0.29, 0.717) is 5.56 Å². The first-order chi connectivity index (χ1) is 42.1. The van der Waals surface area contributed by atoms with Gasteiger partial charge in [0.2, 0.25) is 6.29 Å². The predicted octanol–water partition coefficient (Wildman–Crippen LogP) is 9.88. The summed E-state index contributed by atoms with van der Waals surface area (Å²) in [7, 11) is 0. The standard InChI is InChI=1S/C68H56O18/c69-60(45-27-11-2-12-28-45)77-42-52-54(81-62(71)47-31-15-4-16-32-47)56(76-41-44-25-9-1-10-26-44)58(83-64(73)49-35-19-6-20-36-49)67(79-52)85-57-55(82-63(72)48-33-17-5-18-34-48)53(43-78-61(70)46-29-13-3-14-30-46)80-68(86-66(75)51-39-23-8-24-40-51)59(57)84-65(74)50-37-21-7-22-38-50/h1-40,52-59,67-68H,41-43H2/t52-,53-,54-,55-,56+,57+,58-,59-,67+,68+/m1/s1. The second-order valence-corrected chi connectivity index (χ2v) is 19.6. The molecule has 0 unspecified atom stereocenters. The van der Waals surface area contributed by atoms with Crippen LogP contribution in [0.5, 0.6) is 0 Å². The lowest BCUT2D eigenvalue weighted by Crippen LogP contribution is -2.67. The van der Waals surface area contributed by atoms with Gasteiger partial charge in [0.05, 0.1) is 45.6 Å². The normalized spacial score (nSPS) is 21.5. The van der Waals surface area contributed by atoms with Crippen LogP contribution >= 0.6 is 0 Å². The van der Waals surface area contributed by atoms with Crippen LogP contribution < -0.4 is 0 Å². The molecule has 8 aromatic rings. The number of hydrogen-bond donors (Lipinski definition) is 0. The van der Waals surface area contributed by atoms with Gasteiger partial charge in [0, 0.05) is 0 Å². The minimum absolute atomic E-state index is 0.0115. The average molecular weight is 1160 g/mol. The fourth-order valence-electron chi connectivity index (χ4n) is 9.47. The molecular weight excluding hydrogens is 1100 g/mol. The van der Waals surface area contributed by atoms with Gasteiger partial charge in [-0.25, -0.2) is 33.6 Å². The quantitative estimate of drug-likeness (QED) is 0.0482. The molecule has 2 fully saturated rings. The molecule has 0 saturated carbocycles. The molecule has 2 heterocycles. The molecule has 10 atom stereocenters. The van der Waals surface area contributed by atoms with Gasteiger partial charge in [0.15, 0.2) is 30.7 Å². The monoisotopic (exact) mass is 1160 g/mol. The molecule has 10 rings (SSSR count). The second-order valence-electron chi connectivity index (χ2n) is 19.6. The Kier molecular flexibility index (Phi) is 19.9. The first kappa shape index (κ1) is 59.1. The van der Waals surface area contributed by atoms with E-state index in [2.05, 4.69) is 0 Å². The van der Waals surface area contributed by atoms with Crippen molar-refractivity contribution in [1.29, 1.82) is 0 Å². The molecule has 18 nitrogen and oxygen atoms in total. The Balaban J connectivity index is 1.14. The molecule has 2 aliphatic rings. The van der Waals surface area contributed by atoms with Gasteiger partial charge >= 0.3 is 41.8 Å². The SMILES string of the molecule is O=C(OC[C@H]1O[C@@H](O[C@@H]2[C@@H](OC(=O)c3ccccc3)[C@H](OC(=O)c3ccccc3)O[C@H](COC(=O)c3ccccc3)[C@H]2OC(=O)c2ccccc2)[C@H](OC(=O)c2ccccc2)[C@@H](OCc2ccccc2)[C@@H]1OC(=O)c1ccccc1)c1ccccc1. The summed E-state index contributed by atoms with van der Waals surface area (Å²) in [6, 6.07) is 64.1. The largest absolute Gasteiger partial charge is 0.459 e. The van der Waals surface area contributed by atoms with Crippen molar-refractivity contribution in [3.63, 3.8) is 0 Å². The maximum Gasteiger partial charge on any atom is 0.340 e. The summed E-state index contributed by atoms with van der Waals surface area (Å²) < 4.78 is 70.8. The predicted molar refractivity (Wildman–Crippen MR) is 305 cm³/mol. The lowest BCUT2D eigenvalue weighted by atomic mass is 9.95. The fraction of sp³-hybridized carbons (Fsp3) is 0.191. The van der Waals surface area contributed by atoms with Crippen molar-refractivity contribution < 1.29 is 85.7 Å². The van der Waals surface area contributed by atoms with Crippen LogP contribution in [0.2, 0.25) is 0 Å². The van der Waals surface area contributed by atoms with Crippen LogP contribution in [0.4, 0.5) is 0 Å². The Morgan fingerprint density at radius 1 is 0.279 bits per heavy atom. The highest BCUT2D eigenvalue weighted by Crippen LogP contribution is 2.38. The summed E-state index contributed by atoms with van der Waals surface area (Å²) >= 11 is 0. The molecule has 0 radical (unpaired) electrons. The zero-order valence-electron chi connectivity index (χ0n) is 45.8. The zero-order chi connectivity index (χ0) is 59.6. The second kappa shape index (κ2) is 28.9. The zero-order valence-corrected chi connectivity index (χ0v) is 45.8. The number of esters is 7. The Morgan fingerprint density at radius 3 is 0.895 bits per heavy atom. The molecule has 2 saturated heterocycles. The van der Waals surface area contributed by atoms with Crippen LogP contribution in [0.25, 0.3) is 0 Å². The third kappa shape index (κ3) is 15.2. The summed E-state index contributed by atoms with van der Waals surface area (Å²) in [4.78, 5) is 100. The first-order valence-corrected chi connectivity index (χ1v) is 27.4. The molecule has 0 amide bonds. The van der Waals surface area contributed by atoms with E-state index < -0.39 is 116 Å². The first-order valence-electron chi connectivity index (χ1n) is 27.4. The van der Waals surface area contributed by atoms with Crippen molar-refractivity contribution in [2.75, 3.05) is 13.2 Å². The molecule has 0 aromatic heterocycles. The summed E-state index contributed by atoms with van der Waals surface area (Å²) in [6.45, 7) is -1.62. The fourth-order valence-corrected chi connectivity index (χ4v) is 9.47. The summed E-state index contributed by atoms with van der Waals surface area (Å²) in [6.07, 6.45) is -18.0. The van der Waals surface area contributed by atoms with Gasteiger partial charge in [-0.1, -0.05) is 158 Å². The van der Waals surface area contributed by atoms with Gasteiger partial charge in [-0.2, -0.15) is 0 Å². The van der Waals surface area contributed by atoms with Crippen LogP contribution in [0.3, 0.4) is 0 Å². The van der Waals surface area contributed by atoms with E-state index in [9.17, 15) is 33.6 Å². The summed E-state index contributed by atoms with van der Waals surface area (Å²) in [5, 5.41) is 0. The smallest absolute Gasteiger partial charge is 0.340 e. The van der Waals surface area contributed by atoms with Gasteiger partial charge in [0.1, 0.15) is 37.6 Å². The van der Waals surface area contributed by atoms with E-state index in [1.54, 1.807) is 158 Å². The molecule has 436 valence electrons. The lowest BCUT2D eigenvalue weighted by molar-refractivity contribution is -0.355. The Morgan fingerprint density at radius 2 is 0.547 bits per heavy atom. The molecule has 0 N–H and O–H groups in total. The van der Waals surface area contributed by atoms with E-state index in [0.717, 1.165) is 0 Å². The van der Waals surface area contributed by atoms with Crippen molar-refractivity contribution in [3.8, 4) is 0 Å². The maximum absolute atomic E-state index is 14.7. The number of carbonyl (C=O) groups excluding carboxylic acids is 7. The van der Waals surface area contributed by atoms with Crippen molar-refractivity contribution >= 4 is 41.8 Å². The third-order valence-corrected chi connectivity index (χ3v) is 13.8. The Hall–Kier alpha value is -10.1. The highest BCUT2D eigenvalue weighted by atomic mass is 16.8. The van der Waals surface area contributed by atoms with Crippen LogP contribution in [-0.2, 0) is 58.7 Å². The van der Waals surface area contributed by atoms with Crippen molar-refractivity contribution in [2.45, 2.75) is 68.0 Å². The minimum atomic E-state index is -2.01. The van der Waals surface area contributed by atoms with Crippen LogP contribution in [-0.4, -0.2) is 116 Å². The number of benzene rings is 8. The average Bonchev–Trinajstić information content (AvgIpc) is 2.00. The molecule has 0 bridgehead atoms. The summed E-state index contributed by atoms with van der Waals surface area (Å²) in [5.41, 5.74) is 1.15. The van der Waals surface area contributed by atoms with Crippen LogP contribution in [0.1, 0.15) is 78.1 Å². The van der Waals surface area contributed by atoms with Gasteiger partial charge < -0.3 is 52.1 Å². The van der Waals surface area contributed by atoms with E-state index >= 15 is 0 Å². The lowest BCUT2D eigenvalue weighted by Gasteiger charge is -2.49. The van der Waals surface area contributed by atoms with Crippen LogP contribution in [0, 0.1) is 0 Å². The van der Waals surface area contributed by atoms with Gasteiger partial charge in [0.25, 0.3) is 0 Å². The Labute approximate surface area is 493 Å². The van der Waals surface area contributed by atoms with E-state index in [1.165, 1.54) is 84.9 Å². The molecule has 86 heavy (non-hydrogen) atoms.